The zero-order chi connectivity index (χ0) is 18.4. The van der Waals surface area contributed by atoms with Crippen molar-refractivity contribution in [1.29, 1.82) is 0 Å². The summed E-state index contributed by atoms with van der Waals surface area (Å²) in [5.74, 6) is -1.22. The lowest BCUT2D eigenvalue weighted by Crippen LogP contribution is -2.36. The van der Waals surface area contributed by atoms with Crippen molar-refractivity contribution >= 4 is 21.7 Å². The molecule has 1 amide bonds. The number of hydrogen-bond acceptors (Lipinski definition) is 4. The van der Waals surface area contributed by atoms with E-state index in [9.17, 15) is 22.4 Å². The Hall–Kier alpha value is -2.58. The second kappa shape index (κ2) is 8.00. The van der Waals surface area contributed by atoms with Gasteiger partial charge in [-0.05, 0) is 25.1 Å². The predicted octanol–water partition coefficient (Wildman–Crippen LogP) is 1.62. The van der Waals surface area contributed by atoms with Crippen LogP contribution in [-0.2, 0) is 21.4 Å². The van der Waals surface area contributed by atoms with E-state index in [1.54, 1.807) is 6.07 Å². The van der Waals surface area contributed by atoms with Gasteiger partial charge in [0, 0.05) is 17.7 Å². The topological polar surface area (TPSA) is 92.3 Å². The number of carbonyl (C=O) groups is 2. The fourth-order valence-corrected chi connectivity index (χ4v) is 2.99. The number of sulfonamides is 1. The first kappa shape index (κ1) is 18.8. The van der Waals surface area contributed by atoms with Crippen LogP contribution < -0.4 is 10.0 Å². The fourth-order valence-electron chi connectivity index (χ4n) is 2.01. The minimum Gasteiger partial charge on any atom is -0.351 e. The summed E-state index contributed by atoms with van der Waals surface area (Å²) in [5, 5.41) is 2.44. The summed E-state index contributed by atoms with van der Waals surface area (Å²) in [5.41, 5.74) is 0.695. The number of halogens is 1. The number of ketones is 1. The molecule has 6 nitrogen and oxygen atoms in total. The molecule has 2 N–H and O–H groups in total. The molecule has 25 heavy (non-hydrogen) atoms. The SMILES string of the molecule is CC(=O)c1ccc(S(=O)(=O)NCC(=O)NCc2ccccc2F)cc1. The van der Waals surface area contributed by atoms with Crippen LogP contribution in [0.4, 0.5) is 4.39 Å². The van der Waals surface area contributed by atoms with E-state index in [0.29, 0.717) is 11.1 Å². The largest absolute Gasteiger partial charge is 0.351 e. The van der Waals surface area contributed by atoms with Crippen molar-refractivity contribution in [2.45, 2.75) is 18.4 Å². The molecule has 0 heterocycles. The number of amides is 1. The number of hydrogen-bond donors (Lipinski definition) is 2. The average Bonchev–Trinajstić information content (AvgIpc) is 2.59. The van der Waals surface area contributed by atoms with Gasteiger partial charge in [0.25, 0.3) is 0 Å². The maximum atomic E-state index is 13.4. The summed E-state index contributed by atoms with van der Waals surface area (Å²) >= 11 is 0. The first-order valence-corrected chi connectivity index (χ1v) is 8.88. The average molecular weight is 364 g/mol. The van der Waals surface area contributed by atoms with E-state index in [-0.39, 0.29) is 17.2 Å². The molecule has 2 aromatic rings. The van der Waals surface area contributed by atoms with Crippen molar-refractivity contribution in [3.8, 4) is 0 Å². The zero-order valence-corrected chi connectivity index (χ0v) is 14.3. The summed E-state index contributed by atoms with van der Waals surface area (Å²) in [7, 11) is -3.89. The molecule has 2 rings (SSSR count). The van der Waals surface area contributed by atoms with Crippen molar-refractivity contribution in [2.24, 2.45) is 0 Å². The molecule has 0 saturated heterocycles. The first-order chi connectivity index (χ1) is 11.8. The molecule has 132 valence electrons. The van der Waals surface area contributed by atoms with Crippen LogP contribution in [-0.4, -0.2) is 26.7 Å². The van der Waals surface area contributed by atoms with Gasteiger partial charge in [0.05, 0.1) is 11.4 Å². The van der Waals surface area contributed by atoms with Crippen LogP contribution in [0.3, 0.4) is 0 Å². The third-order valence-electron chi connectivity index (χ3n) is 3.43. The van der Waals surface area contributed by atoms with Gasteiger partial charge in [-0.2, -0.15) is 0 Å². The molecule has 0 aliphatic carbocycles. The van der Waals surface area contributed by atoms with E-state index in [0.717, 1.165) is 0 Å². The van der Waals surface area contributed by atoms with Gasteiger partial charge >= 0.3 is 0 Å². The van der Waals surface area contributed by atoms with Gasteiger partial charge in [-0.1, -0.05) is 30.3 Å². The molecule has 0 fully saturated rings. The highest BCUT2D eigenvalue weighted by molar-refractivity contribution is 7.89. The molecule has 0 atom stereocenters. The van der Waals surface area contributed by atoms with Gasteiger partial charge in [0.15, 0.2) is 5.78 Å². The molecule has 0 radical (unpaired) electrons. The summed E-state index contributed by atoms with van der Waals surface area (Å²) in [4.78, 5) is 22.9. The summed E-state index contributed by atoms with van der Waals surface area (Å²) < 4.78 is 39.8. The van der Waals surface area contributed by atoms with Crippen LogP contribution in [0.15, 0.2) is 53.4 Å². The maximum Gasteiger partial charge on any atom is 0.241 e. The van der Waals surface area contributed by atoms with E-state index >= 15 is 0 Å². The highest BCUT2D eigenvalue weighted by atomic mass is 32.2. The van der Waals surface area contributed by atoms with Crippen LogP contribution in [0.5, 0.6) is 0 Å². The van der Waals surface area contributed by atoms with Gasteiger partial charge < -0.3 is 5.32 Å². The lowest BCUT2D eigenvalue weighted by atomic mass is 10.2. The molecular formula is C17H17FN2O4S. The van der Waals surface area contributed by atoms with E-state index in [4.69, 9.17) is 0 Å². The third kappa shape index (κ3) is 5.20. The standard InChI is InChI=1S/C17H17FN2O4S/c1-12(21)13-6-8-15(9-7-13)25(23,24)20-11-17(22)19-10-14-4-2-3-5-16(14)18/h2-9,20H,10-11H2,1H3,(H,19,22). The number of Topliss-reactive ketones (excluding diaryl/α,β-unsaturated/α-hetero) is 1. The van der Waals surface area contributed by atoms with Gasteiger partial charge in [0.2, 0.25) is 15.9 Å². The van der Waals surface area contributed by atoms with Gasteiger partial charge in [-0.3, -0.25) is 9.59 Å². The molecule has 0 spiro atoms. The van der Waals surface area contributed by atoms with Crippen molar-refractivity contribution in [2.75, 3.05) is 6.54 Å². The molecule has 0 saturated carbocycles. The van der Waals surface area contributed by atoms with E-state index in [2.05, 4.69) is 10.0 Å². The van der Waals surface area contributed by atoms with E-state index < -0.39 is 28.3 Å². The van der Waals surface area contributed by atoms with Crippen LogP contribution >= 0.6 is 0 Å². The van der Waals surface area contributed by atoms with E-state index in [1.165, 1.54) is 49.4 Å². The van der Waals surface area contributed by atoms with Crippen LogP contribution in [0, 0.1) is 5.82 Å². The lowest BCUT2D eigenvalue weighted by molar-refractivity contribution is -0.120. The summed E-state index contributed by atoms with van der Waals surface area (Å²) in [6, 6.07) is 11.3. The highest BCUT2D eigenvalue weighted by Crippen LogP contribution is 2.11. The second-order valence-corrected chi connectivity index (χ2v) is 7.04. The third-order valence-corrected chi connectivity index (χ3v) is 4.84. The first-order valence-electron chi connectivity index (χ1n) is 7.40. The van der Waals surface area contributed by atoms with Crippen LogP contribution in [0.1, 0.15) is 22.8 Å². The number of carbonyl (C=O) groups excluding carboxylic acids is 2. The Morgan fingerprint density at radius 2 is 1.68 bits per heavy atom. The summed E-state index contributed by atoms with van der Waals surface area (Å²) in [6.07, 6.45) is 0. The molecule has 8 heteroatoms. The minimum absolute atomic E-state index is 0.0411. The Labute approximate surface area is 145 Å². The molecule has 0 aliphatic rings. The van der Waals surface area contributed by atoms with Crippen molar-refractivity contribution in [1.82, 2.24) is 10.0 Å². The lowest BCUT2D eigenvalue weighted by Gasteiger charge is -2.09. The quantitative estimate of drug-likeness (QED) is 0.731. The molecule has 2 aromatic carbocycles. The number of benzene rings is 2. The highest BCUT2D eigenvalue weighted by Gasteiger charge is 2.16. The fraction of sp³-hybridized carbons (Fsp3) is 0.176. The van der Waals surface area contributed by atoms with Gasteiger partial charge in [-0.25, -0.2) is 17.5 Å². The Morgan fingerprint density at radius 3 is 2.28 bits per heavy atom. The van der Waals surface area contributed by atoms with E-state index in [1.807, 2.05) is 0 Å². The summed E-state index contributed by atoms with van der Waals surface area (Å²) in [6.45, 7) is 0.855. The van der Waals surface area contributed by atoms with Crippen molar-refractivity contribution < 1.29 is 22.4 Å². The second-order valence-electron chi connectivity index (χ2n) is 5.27. The number of nitrogens with one attached hydrogen (secondary N) is 2. The molecule has 0 unspecified atom stereocenters. The molecule has 0 aliphatic heterocycles. The maximum absolute atomic E-state index is 13.4. The molecular weight excluding hydrogens is 347 g/mol. The number of rotatable bonds is 7. The Bertz CT molecular complexity index is 880. The van der Waals surface area contributed by atoms with Gasteiger partial charge in [0.1, 0.15) is 5.82 Å². The Morgan fingerprint density at radius 1 is 1.04 bits per heavy atom. The zero-order valence-electron chi connectivity index (χ0n) is 13.5. The van der Waals surface area contributed by atoms with Crippen molar-refractivity contribution in [3.05, 3.63) is 65.5 Å². The smallest absolute Gasteiger partial charge is 0.241 e. The monoisotopic (exact) mass is 364 g/mol. The predicted molar refractivity (Wildman–Crippen MR) is 89.9 cm³/mol. The Kier molecular flexibility index (Phi) is 6.00. The molecule has 0 aromatic heterocycles. The van der Waals surface area contributed by atoms with Crippen LogP contribution in [0.25, 0.3) is 0 Å². The van der Waals surface area contributed by atoms with Crippen LogP contribution in [0.2, 0.25) is 0 Å². The van der Waals surface area contributed by atoms with Crippen molar-refractivity contribution in [3.63, 3.8) is 0 Å². The Balaban J connectivity index is 1.91. The molecule has 0 bridgehead atoms. The van der Waals surface area contributed by atoms with Gasteiger partial charge in [-0.15, -0.1) is 0 Å². The normalized spacial score (nSPS) is 11.1. The minimum atomic E-state index is -3.89.